The molecular formula is C10H5BrN4O. The van der Waals surface area contributed by atoms with Crippen LogP contribution < -0.4 is 5.43 Å². The predicted octanol–water partition coefficient (Wildman–Crippen LogP) is 1.26. The summed E-state index contributed by atoms with van der Waals surface area (Å²) >= 11 is 3.22. The summed E-state index contributed by atoms with van der Waals surface area (Å²) in [5, 5.41) is 8.72. The third-order valence-corrected chi connectivity index (χ3v) is 2.29. The van der Waals surface area contributed by atoms with Crippen molar-refractivity contribution in [3.8, 4) is 12.0 Å². The Balaban J connectivity index is 2.53. The van der Waals surface area contributed by atoms with E-state index in [0.717, 1.165) is 4.47 Å². The first-order valence-electron chi connectivity index (χ1n) is 4.31. The molecule has 0 saturated carbocycles. The third kappa shape index (κ3) is 1.99. The molecule has 0 spiro atoms. The molecule has 2 aromatic rings. The second-order valence-corrected chi connectivity index (χ2v) is 3.86. The molecule has 6 heteroatoms. The van der Waals surface area contributed by atoms with Crippen molar-refractivity contribution in [2.45, 2.75) is 0 Å². The highest BCUT2D eigenvalue weighted by atomic mass is 79.9. The van der Waals surface area contributed by atoms with E-state index >= 15 is 0 Å². The summed E-state index contributed by atoms with van der Waals surface area (Å²) in [6, 6.07) is 3.13. The molecule has 2 aromatic heterocycles. The molecule has 0 aromatic carbocycles. The lowest BCUT2D eigenvalue weighted by Crippen LogP contribution is -2.09. The maximum Gasteiger partial charge on any atom is 0.233 e. The molecule has 2 rings (SSSR count). The fourth-order valence-corrected chi connectivity index (χ4v) is 1.34. The van der Waals surface area contributed by atoms with E-state index in [1.807, 2.05) is 6.07 Å². The summed E-state index contributed by atoms with van der Waals surface area (Å²) in [7, 11) is 0. The molecule has 0 aliphatic carbocycles. The van der Waals surface area contributed by atoms with Crippen LogP contribution in [0.5, 0.6) is 0 Å². The van der Waals surface area contributed by atoms with E-state index in [-0.39, 0.29) is 11.0 Å². The molecule has 16 heavy (non-hydrogen) atoms. The van der Waals surface area contributed by atoms with Gasteiger partial charge in [-0.05, 0) is 15.9 Å². The van der Waals surface area contributed by atoms with Gasteiger partial charge in [-0.2, -0.15) is 5.26 Å². The van der Waals surface area contributed by atoms with E-state index in [4.69, 9.17) is 5.26 Å². The Bertz CT molecular complexity index is 612. The molecule has 0 unspecified atom stereocenters. The molecule has 2 heterocycles. The summed E-state index contributed by atoms with van der Waals surface area (Å²) in [5.41, 5.74) is -0.245. The van der Waals surface area contributed by atoms with Crippen LogP contribution in [0.3, 0.4) is 0 Å². The van der Waals surface area contributed by atoms with Crippen LogP contribution in [0.4, 0.5) is 0 Å². The Kier molecular flexibility index (Phi) is 2.79. The van der Waals surface area contributed by atoms with Gasteiger partial charge in [0.25, 0.3) is 0 Å². The van der Waals surface area contributed by atoms with Gasteiger partial charge in [0.1, 0.15) is 11.6 Å². The lowest BCUT2D eigenvalue weighted by molar-refractivity contribution is 0.909. The Labute approximate surface area is 99.1 Å². The van der Waals surface area contributed by atoms with Gasteiger partial charge in [0.2, 0.25) is 5.95 Å². The number of hydrogen-bond donors (Lipinski definition) is 0. The van der Waals surface area contributed by atoms with Crippen LogP contribution in [-0.2, 0) is 0 Å². The van der Waals surface area contributed by atoms with Crippen molar-refractivity contribution in [3.63, 3.8) is 0 Å². The van der Waals surface area contributed by atoms with Crippen LogP contribution >= 0.6 is 15.9 Å². The van der Waals surface area contributed by atoms with E-state index in [1.165, 1.54) is 23.0 Å². The van der Waals surface area contributed by atoms with Gasteiger partial charge in [-0.15, -0.1) is 0 Å². The van der Waals surface area contributed by atoms with Crippen LogP contribution in [-0.4, -0.2) is 14.5 Å². The minimum absolute atomic E-state index is 0.0639. The Morgan fingerprint density at radius 2 is 2.06 bits per heavy atom. The highest BCUT2D eigenvalue weighted by molar-refractivity contribution is 9.10. The highest BCUT2D eigenvalue weighted by Gasteiger charge is 2.02. The number of halogens is 1. The molecule has 0 bridgehead atoms. The third-order valence-electron chi connectivity index (χ3n) is 1.88. The fraction of sp³-hybridized carbons (Fsp3) is 0. The van der Waals surface area contributed by atoms with Crippen molar-refractivity contribution < 1.29 is 0 Å². The second kappa shape index (κ2) is 4.24. The largest absolute Gasteiger partial charge is 0.291 e. The maximum absolute atomic E-state index is 11.2. The molecule has 0 radical (unpaired) electrons. The van der Waals surface area contributed by atoms with Gasteiger partial charge in [0.05, 0.1) is 4.47 Å². The second-order valence-electron chi connectivity index (χ2n) is 2.94. The van der Waals surface area contributed by atoms with E-state index < -0.39 is 0 Å². The van der Waals surface area contributed by atoms with E-state index in [9.17, 15) is 4.79 Å². The summed E-state index contributed by atoms with van der Waals surface area (Å²) in [4.78, 5) is 19.3. The summed E-state index contributed by atoms with van der Waals surface area (Å²) in [5.74, 6) is 0.403. The van der Waals surface area contributed by atoms with Crippen LogP contribution in [0.1, 0.15) is 5.56 Å². The van der Waals surface area contributed by atoms with Crippen molar-refractivity contribution in [3.05, 3.63) is 51.1 Å². The Hall–Kier alpha value is -2.00. The quantitative estimate of drug-likeness (QED) is 0.786. The molecule has 0 saturated heterocycles. The molecule has 0 fully saturated rings. The molecule has 0 aliphatic rings. The smallest absolute Gasteiger partial charge is 0.233 e. The van der Waals surface area contributed by atoms with Crippen LogP contribution in [0.25, 0.3) is 5.95 Å². The number of aromatic nitrogens is 3. The molecule has 0 aliphatic heterocycles. The van der Waals surface area contributed by atoms with Gasteiger partial charge in [-0.25, -0.2) is 9.97 Å². The number of rotatable bonds is 1. The molecule has 0 N–H and O–H groups in total. The first kappa shape index (κ1) is 10.5. The minimum Gasteiger partial charge on any atom is -0.291 e. The molecule has 78 valence electrons. The van der Waals surface area contributed by atoms with Crippen molar-refractivity contribution >= 4 is 15.9 Å². The van der Waals surface area contributed by atoms with Crippen molar-refractivity contribution in [1.29, 1.82) is 5.26 Å². The predicted molar refractivity (Wildman–Crippen MR) is 60.0 cm³/mol. The average Bonchev–Trinajstić information content (AvgIpc) is 2.31. The average molecular weight is 277 g/mol. The summed E-state index contributed by atoms with van der Waals surface area (Å²) in [6.07, 6.45) is 6.11. The van der Waals surface area contributed by atoms with Crippen molar-refractivity contribution in [2.24, 2.45) is 0 Å². The first-order chi connectivity index (χ1) is 7.70. The number of pyridine rings is 1. The van der Waals surface area contributed by atoms with Crippen LogP contribution in [0.15, 0.2) is 40.1 Å². The topological polar surface area (TPSA) is 71.6 Å². The van der Waals surface area contributed by atoms with E-state index in [0.29, 0.717) is 5.95 Å². The first-order valence-corrected chi connectivity index (χ1v) is 5.10. The summed E-state index contributed by atoms with van der Waals surface area (Å²) < 4.78 is 2.28. The lowest BCUT2D eigenvalue weighted by Gasteiger charge is -2.03. The number of nitrogens with zero attached hydrogens (tertiary/aromatic N) is 4. The van der Waals surface area contributed by atoms with Gasteiger partial charge in [-0.3, -0.25) is 9.36 Å². The van der Waals surface area contributed by atoms with Gasteiger partial charge in [-0.1, -0.05) is 0 Å². The molecule has 0 atom stereocenters. The zero-order valence-electron chi connectivity index (χ0n) is 7.96. The molecule has 5 nitrogen and oxygen atoms in total. The lowest BCUT2D eigenvalue weighted by atomic mass is 10.3. The number of hydrogen-bond acceptors (Lipinski definition) is 4. The van der Waals surface area contributed by atoms with E-state index in [1.54, 1.807) is 12.4 Å². The van der Waals surface area contributed by atoms with Crippen LogP contribution in [0, 0.1) is 11.3 Å². The fourth-order valence-electron chi connectivity index (χ4n) is 1.13. The van der Waals surface area contributed by atoms with E-state index in [2.05, 4.69) is 25.9 Å². The van der Waals surface area contributed by atoms with Gasteiger partial charge in [0, 0.05) is 30.9 Å². The minimum atomic E-state index is -0.309. The highest BCUT2D eigenvalue weighted by Crippen LogP contribution is 2.07. The standard InChI is InChI=1S/C10H5BrN4O/c11-8-4-13-10(14-5-8)15-2-1-9(16)7(3-12)6-15/h1-2,4-6H. The maximum atomic E-state index is 11.2. The van der Waals surface area contributed by atoms with Crippen molar-refractivity contribution in [1.82, 2.24) is 14.5 Å². The molecular weight excluding hydrogens is 272 g/mol. The monoisotopic (exact) mass is 276 g/mol. The van der Waals surface area contributed by atoms with Gasteiger partial charge < -0.3 is 0 Å². The van der Waals surface area contributed by atoms with Crippen LogP contribution in [0.2, 0.25) is 0 Å². The Morgan fingerprint density at radius 1 is 1.38 bits per heavy atom. The zero-order chi connectivity index (χ0) is 11.5. The zero-order valence-corrected chi connectivity index (χ0v) is 9.55. The Morgan fingerprint density at radius 3 is 2.69 bits per heavy atom. The van der Waals surface area contributed by atoms with Gasteiger partial charge >= 0.3 is 0 Å². The SMILES string of the molecule is N#Cc1cn(-c2ncc(Br)cn2)ccc1=O. The number of nitriles is 1. The summed E-state index contributed by atoms with van der Waals surface area (Å²) in [6.45, 7) is 0. The normalized spacial score (nSPS) is 9.75. The van der Waals surface area contributed by atoms with Gasteiger partial charge in [0.15, 0.2) is 5.43 Å². The molecule has 0 amide bonds. The van der Waals surface area contributed by atoms with Crippen molar-refractivity contribution in [2.75, 3.05) is 0 Å².